The van der Waals surface area contributed by atoms with Crippen LogP contribution in [0.3, 0.4) is 0 Å². The number of hydrogen-bond acceptors (Lipinski definition) is 5. The Hall–Kier alpha value is -5.02. The van der Waals surface area contributed by atoms with Crippen LogP contribution in [0.25, 0.3) is 22.0 Å². The number of benzene rings is 4. The predicted molar refractivity (Wildman–Crippen MR) is 151 cm³/mol. The van der Waals surface area contributed by atoms with Crippen LogP contribution in [-0.2, 0) is 6.42 Å². The monoisotopic (exact) mass is 497 g/mol. The zero-order valence-electron chi connectivity index (χ0n) is 20.9. The van der Waals surface area contributed by atoms with Crippen LogP contribution < -0.4 is 10.6 Å². The molecule has 4 aromatic carbocycles. The Kier molecular flexibility index (Phi) is 7.67. The van der Waals surface area contributed by atoms with Gasteiger partial charge in [0.05, 0.1) is 17.1 Å². The van der Waals surface area contributed by atoms with E-state index >= 15 is 0 Å². The Bertz CT molecular complexity index is 1590. The van der Waals surface area contributed by atoms with Crippen LogP contribution in [0.15, 0.2) is 103 Å². The molecule has 0 radical (unpaired) electrons. The van der Waals surface area contributed by atoms with Gasteiger partial charge in [-0.2, -0.15) is 5.26 Å². The smallest absolute Gasteiger partial charge is 0.251 e. The molecule has 38 heavy (non-hydrogen) atoms. The van der Waals surface area contributed by atoms with Gasteiger partial charge in [0.1, 0.15) is 12.1 Å². The van der Waals surface area contributed by atoms with Crippen LogP contribution >= 0.6 is 0 Å². The highest BCUT2D eigenvalue weighted by Gasteiger charge is 2.08. The zero-order valence-corrected chi connectivity index (χ0v) is 20.9. The average Bonchev–Trinajstić information content (AvgIpc) is 2.97. The first-order valence-corrected chi connectivity index (χ1v) is 12.6. The molecule has 0 fully saturated rings. The van der Waals surface area contributed by atoms with Crippen molar-refractivity contribution in [1.82, 2.24) is 15.3 Å². The fraction of sp³-hybridized carbons (Fsp3) is 0.125. The van der Waals surface area contributed by atoms with Crippen LogP contribution in [0, 0.1) is 11.3 Å². The summed E-state index contributed by atoms with van der Waals surface area (Å²) in [7, 11) is 0. The van der Waals surface area contributed by atoms with E-state index in [1.807, 2.05) is 36.4 Å². The van der Waals surface area contributed by atoms with Crippen molar-refractivity contribution in [3.05, 3.63) is 120 Å². The number of carbonyl (C=O) groups is 1. The van der Waals surface area contributed by atoms with E-state index in [1.54, 1.807) is 30.6 Å². The van der Waals surface area contributed by atoms with Crippen LogP contribution in [-0.4, -0.2) is 22.4 Å². The molecule has 2 N–H and O–H groups in total. The van der Waals surface area contributed by atoms with Gasteiger partial charge in [0.15, 0.2) is 0 Å². The lowest BCUT2D eigenvalue weighted by Gasteiger charge is -2.11. The van der Waals surface area contributed by atoms with Gasteiger partial charge in [0, 0.05) is 23.2 Å². The lowest BCUT2D eigenvalue weighted by molar-refractivity contribution is 0.0953. The maximum absolute atomic E-state index is 12.3. The second-order valence-electron chi connectivity index (χ2n) is 9.05. The summed E-state index contributed by atoms with van der Waals surface area (Å²) in [5.41, 5.74) is 6.50. The molecule has 0 unspecified atom stereocenters. The maximum Gasteiger partial charge on any atom is 0.251 e. The minimum absolute atomic E-state index is 0.113. The topological polar surface area (TPSA) is 90.7 Å². The summed E-state index contributed by atoms with van der Waals surface area (Å²) in [6.45, 7) is 0.611. The van der Waals surface area contributed by atoms with E-state index in [9.17, 15) is 4.79 Å². The second kappa shape index (κ2) is 11.8. The molecule has 5 rings (SSSR count). The third-order valence-electron chi connectivity index (χ3n) is 6.39. The van der Waals surface area contributed by atoms with E-state index in [1.165, 1.54) is 5.56 Å². The summed E-state index contributed by atoms with van der Waals surface area (Å²) >= 11 is 0. The lowest BCUT2D eigenvalue weighted by atomic mass is 9.99. The van der Waals surface area contributed by atoms with Crippen molar-refractivity contribution in [3.8, 4) is 17.2 Å². The minimum Gasteiger partial charge on any atom is -0.352 e. The number of amides is 1. The van der Waals surface area contributed by atoms with Crippen LogP contribution in [0.5, 0.6) is 0 Å². The van der Waals surface area contributed by atoms with E-state index in [2.05, 4.69) is 63.1 Å². The third-order valence-corrected chi connectivity index (χ3v) is 6.39. The van der Waals surface area contributed by atoms with Gasteiger partial charge in [-0.15, -0.1) is 0 Å². The van der Waals surface area contributed by atoms with Crippen molar-refractivity contribution < 1.29 is 4.79 Å². The van der Waals surface area contributed by atoms with Crippen molar-refractivity contribution >= 4 is 28.3 Å². The van der Waals surface area contributed by atoms with Crippen LogP contribution in [0.4, 0.5) is 11.5 Å². The van der Waals surface area contributed by atoms with Gasteiger partial charge >= 0.3 is 0 Å². The highest BCUT2D eigenvalue weighted by atomic mass is 16.1. The Morgan fingerprint density at radius 2 is 1.63 bits per heavy atom. The summed E-state index contributed by atoms with van der Waals surface area (Å²) in [6, 6.07) is 33.6. The molecule has 0 aliphatic carbocycles. The molecular weight excluding hydrogens is 470 g/mol. The number of nitrogens with zero attached hydrogens (tertiary/aromatic N) is 3. The number of anilines is 2. The number of aromatic nitrogens is 2. The molecule has 6 nitrogen and oxygen atoms in total. The maximum atomic E-state index is 12.3. The number of nitrogens with one attached hydrogen (secondary N) is 2. The van der Waals surface area contributed by atoms with Gasteiger partial charge in [-0.3, -0.25) is 4.79 Å². The summed E-state index contributed by atoms with van der Waals surface area (Å²) < 4.78 is 0. The first-order valence-electron chi connectivity index (χ1n) is 12.6. The van der Waals surface area contributed by atoms with Gasteiger partial charge in [-0.25, -0.2) is 9.97 Å². The standard InChI is InChI=1S/C32H27N5O/c33-21-24-12-14-25(15-13-24)32(38)34-18-5-4-7-23-8-6-9-26(19-23)27-16-17-30-29(20-27)31(36-22-35-30)37-28-10-2-1-3-11-28/h1-3,6,8-17,19-20,22H,4-5,7,18H2,(H,34,38)(H,35,36,37). The number of carbonyl (C=O) groups excluding carboxylic acids is 1. The van der Waals surface area contributed by atoms with Crippen LogP contribution in [0.1, 0.15) is 34.3 Å². The highest BCUT2D eigenvalue weighted by Crippen LogP contribution is 2.29. The lowest BCUT2D eigenvalue weighted by Crippen LogP contribution is -2.24. The molecule has 0 aliphatic rings. The first-order chi connectivity index (χ1) is 18.7. The second-order valence-corrected chi connectivity index (χ2v) is 9.05. The molecule has 186 valence electrons. The summed E-state index contributed by atoms with van der Waals surface area (Å²) in [4.78, 5) is 21.2. The van der Waals surface area contributed by atoms with E-state index in [4.69, 9.17) is 5.26 Å². The largest absolute Gasteiger partial charge is 0.352 e. The summed E-state index contributed by atoms with van der Waals surface area (Å²) in [5, 5.41) is 16.2. The normalized spacial score (nSPS) is 10.6. The van der Waals surface area contributed by atoms with Gasteiger partial charge in [-0.1, -0.05) is 48.5 Å². The number of para-hydroxylation sites is 1. The van der Waals surface area contributed by atoms with E-state index < -0.39 is 0 Å². The number of unbranched alkanes of at least 4 members (excludes halogenated alkanes) is 1. The molecule has 0 aliphatic heterocycles. The molecule has 6 heteroatoms. The van der Waals surface area contributed by atoms with Gasteiger partial charge in [0.2, 0.25) is 0 Å². The fourth-order valence-electron chi connectivity index (χ4n) is 4.35. The van der Waals surface area contributed by atoms with Gasteiger partial charge in [0.25, 0.3) is 5.91 Å². The SMILES string of the molecule is N#Cc1ccc(C(=O)NCCCCc2cccc(-c3ccc4ncnc(Nc5ccccc5)c4c3)c2)cc1. The fourth-order valence-corrected chi connectivity index (χ4v) is 4.35. The Labute approximate surface area is 222 Å². The molecule has 1 aromatic heterocycles. The van der Waals surface area contributed by atoms with Crippen molar-refractivity contribution in [1.29, 1.82) is 5.26 Å². The number of hydrogen-bond donors (Lipinski definition) is 2. The van der Waals surface area contributed by atoms with E-state index in [-0.39, 0.29) is 5.91 Å². The molecule has 1 heterocycles. The predicted octanol–water partition coefficient (Wildman–Crippen LogP) is 6.66. The molecule has 0 saturated heterocycles. The minimum atomic E-state index is -0.113. The molecular formula is C32H27N5O. The quantitative estimate of drug-likeness (QED) is 0.222. The number of aryl methyl sites for hydroxylation is 1. The highest BCUT2D eigenvalue weighted by molar-refractivity contribution is 5.94. The van der Waals surface area contributed by atoms with E-state index in [0.29, 0.717) is 17.7 Å². The summed E-state index contributed by atoms with van der Waals surface area (Å²) in [6.07, 6.45) is 4.36. The van der Waals surface area contributed by atoms with Crippen molar-refractivity contribution in [2.45, 2.75) is 19.3 Å². The van der Waals surface area contributed by atoms with Crippen molar-refractivity contribution in [2.75, 3.05) is 11.9 Å². The molecule has 0 spiro atoms. The van der Waals surface area contributed by atoms with Crippen molar-refractivity contribution in [2.24, 2.45) is 0 Å². The van der Waals surface area contributed by atoms with Crippen molar-refractivity contribution in [3.63, 3.8) is 0 Å². The van der Waals surface area contributed by atoms with Gasteiger partial charge in [-0.05, 0) is 84.5 Å². The molecule has 0 atom stereocenters. The Balaban J connectivity index is 1.21. The molecule has 5 aromatic rings. The number of fused-ring (bicyclic) bond motifs is 1. The first kappa shape index (κ1) is 24.7. The molecule has 1 amide bonds. The average molecular weight is 498 g/mol. The molecule has 0 bridgehead atoms. The Morgan fingerprint density at radius 1 is 0.816 bits per heavy atom. The van der Waals surface area contributed by atoms with Crippen LogP contribution in [0.2, 0.25) is 0 Å². The summed E-state index contributed by atoms with van der Waals surface area (Å²) in [5.74, 6) is 0.667. The van der Waals surface area contributed by atoms with E-state index in [0.717, 1.165) is 52.8 Å². The Morgan fingerprint density at radius 3 is 2.45 bits per heavy atom. The zero-order chi connectivity index (χ0) is 26.2. The molecule has 0 saturated carbocycles. The van der Waals surface area contributed by atoms with Gasteiger partial charge < -0.3 is 10.6 Å². The number of rotatable bonds is 9. The third kappa shape index (κ3) is 6.03. The number of nitriles is 1.